The van der Waals surface area contributed by atoms with Crippen molar-refractivity contribution in [1.29, 1.82) is 0 Å². The van der Waals surface area contributed by atoms with E-state index in [9.17, 15) is 4.79 Å². The van der Waals surface area contributed by atoms with E-state index in [4.69, 9.17) is 8.94 Å². The lowest BCUT2D eigenvalue weighted by Gasteiger charge is -2.22. The normalized spacial score (nSPS) is 12.7. The van der Waals surface area contributed by atoms with Gasteiger partial charge in [0, 0.05) is 11.5 Å². The monoisotopic (exact) mass is 313 g/mol. The zero-order valence-electron chi connectivity index (χ0n) is 13.4. The lowest BCUT2D eigenvalue weighted by atomic mass is 10.2. The summed E-state index contributed by atoms with van der Waals surface area (Å²) in [4.78, 5) is 14.2. The van der Waals surface area contributed by atoms with Crippen molar-refractivity contribution in [2.24, 2.45) is 0 Å². The molecule has 1 amide bonds. The van der Waals surface area contributed by atoms with Crippen molar-refractivity contribution >= 4 is 22.8 Å². The maximum Gasteiger partial charge on any atom is 0.243 e. The Labute approximate surface area is 134 Å². The lowest BCUT2D eigenvalue weighted by Crippen LogP contribution is -2.39. The molecule has 1 aromatic carbocycles. The molecule has 0 aliphatic rings. The molecular weight excluding hydrogens is 294 g/mol. The van der Waals surface area contributed by atoms with Crippen LogP contribution in [0.3, 0.4) is 0 Å². The number of amides is 1. The van der Waals surface area contributed by atoms with Gasteiger partial charge in [-0.3, -0.25) is 15.0 Å². The highest BCUT2D eigenvalue weighted by atomic mass is 16.5. The van der Waals surface area contributed by atoms with E-state index in [-0.39, 0.29) is 11.9 Å². The molecule has 1 unspecified atom stereocenters. The summed E-state index contributed by atoms with van der Waals surface area (Å²) in [6.07, 6.45) is 0. The molecule has 0 radical (unpaired) electrons. The Morgan fingerprint density at radius 3 is 2.83 bits per heavy atom. The Morgan fingerprint density at radius 2 is 2.13 bits per heavy atom. The molecule has 1 atom stereocenters. The van der Waals surface area contributed by atoms with Crippen LogP contribution in [0, 0.1) is 6.92 Å². The number of likely N-dealkylation sites (N-methyl/N-ethyl adjacent to an activating group) is 1. The van der Waals surface area contributed by atoms with E-state index >= 15 is 0 Å². The molecule has 6 nitrogen and oxygen atoms in total. The van der Waals surface area contributed by atoms with E-state index < -0.39 is 0 Å². The van der Waals surface area contributed by atoms with E-state index in [0.29, 0.717) is 12.4 Å². The maximum atomic E-state index is 12.3. The molecule has 23 heavy (non-hydrogen) atoms. The van der Waals surface area contributed by atoms with Crippen LogP contribution < -0.4 is 5.32 Å². The number of rotatable bonds is 5. The van der Waals surface area contributed by atoms with Gasteiger partial charge in [-0.25, -0.2) is 0 Å². The molecule has 0 spiro atoms. The Balaban J connectivity index is 1.64. The Hall–Kier alpha value is -2.60. The molecule has 0 bridgehead atoms. The predicted molar refractivity (Wildman–Crippen MR) is 87.0 cm³/mol. The molecule has 0 aliphatic carbocycles. The smallest absolute Gasteiger partial charge is 0.243 e. The van der Waals surface area contributed by atoms with E-state index in [1.54, 1.807) is 13.0 Å². The first-order valence-corrected chi connectivity index (χ1v) is 7.45. The van der Waals surface area contributed by atoms with Gasteiger partial charge in [0.2, 0.25) is 11.8 Å². The van der Waals surface area contributed by atoms with Gasteiger partial charge >= 0.3 is 0 Å². The minimum Gasteiger partial charge on any atom is -0.460 e. The minimum atomic E-state index is -0.339. The zero-order chi connectivity index (χ0) is 16.4. The number of aromatic nitrogens is 1. The van der Waals surface area contributed by atoms with Crippen LogP contribution in [0.15, 0.2) is 45.3 Å². The summed E-state index contributed by atoms with van der Waals surface area (Å²) >= 11 is 0. The van der Waals surface area contributed by atoms with Crippen molar-refractivity contribution in [2.45, 2.75) is 26.4 Å². The first-order valence-electron chi connectivity index (χ1n) is 7.45. The minimum absolute atomic E-state index is 0.153. The van der Waals surface area contributed by atoms with Crippen LogP contribution in [0.4, 0.5) is 5.88 Å². The summed E-state index contributed by atoms with van der Waals surface area (Å²) in [6, 6.07) is 11.2. The first kappa shape index (κ1) is 15.3. The molecule has 6 heteroatoms. The maximum absolute atomic E-state index is 12.3. The first-order chi connectivity index (χ1) is 11.0. The van der Waals surface area contributed by atoms with E-state index in [1.807, 2.05) is 49.2 Å². The number of carbonyl (C=O) groups is 1. The van der Waals surface area contributed by atoms with Crippen LogP contribution in [-0.4, -0.2) is 29.1 Å². The fraction of sp³-hybridized carbons (Fsp3) is 0.294. The number of aryl methyl sites for hydroxylation is 1. The number of carbonyl (C=O) groups excluding carboxylic acids is 1. The Bertz CT molecular complexity index is 788. The second-order valence-corrected chi connectivity index (χ2v) is 5.66. The van der Waals surface area contributed by atoms with Crippen LogP contribution in [0.25, 0.3) is 11.0 Å². The van der Waals surface area contributed by atoms with Gasteiger partial charge in [-0.1, -0.05) is 23.4 Å². The number of fused-ring (bicyclic) bond motifs is 1. The lowest BCUT2D eigenvalue weighted by molar-refractivity contribution is -0.120. The van der Waals surface area contributed by atoms with E-state index in [0.717, 1.165) is 22.4 Å². The second-order valence-electron chi connectivity index (χ2n) is 5.66. The van der Waals surface area contributed by atoms with Crippen molar-refractivity contribution in [3.63, 3.8) is 0 Å². The molecule has 0 saturated carbocycles. The highest BCUT2D eigenvalue weighted by Crippen LogP contribution is 2.20. The fourth-order valence-electron chi connectivity index (χ4n) is 2.35. The van der Waals surface area contributed by atoms with Gasteiger partial charge in [-0.15, -0.1) is 0 Å². The third-order valence-electron chi connectivity index (χ3n) is 3.80. The molecule has 2 heterocycles. The van der Waals surface area contributed by atoms with Crippen LogP contribution in [0.2, 0.25) is 0 Å². The van der Waals surface area contributed by atoms with Crippen LogP contribution in [-0.2, 0) is 11.3 Å². The van der Waals surface area contributed by atoms with Gasteiger partial charge < -0.3 is 8.94 Å². The number of furan rings is 1. The third kappa shape index (κ3) is 3.43. The van der Waals surface area contributed by atoms with Gasteiger partial charge in [0.05, 0.1) is 18.3 Å². The topological polar surface area (TPSA) is 71.5 Å². The molecule has 1 N–H and O–H groups in total. The number of benzene rings is 1. The van der Waals surface area contributed by atoms with Crippen LogP contribution in [0.5, 0.6) is 0 Å². The summed E-state index contributed by atoms with van der Waals surface area (Å²) in [6.45, 7) is 4.18. The third-order valence-corrected chi connectivity index (χ3v) is 3.80. The summed E-state index contributed by atoms with van der Waals surface area (Å²) < 4.78 is 10.8. The SMILES string of the molecule is Cc1cc(NC(=O)C(C)N(C)Cc2cc3ccccc3o2)on1. The summed E-state index contributed by atoms with van der Waals surface area (Å²) in [7, 11) is 1.88. The van der Waals surface area contributed by atoms with Crippen molar-refractivity contribution in [3.05, 3.63) is 47.9 Å². The fourth-order valence-corrected chi connectivity index (χ4v) is 2.35. The number of hydrogen-bond acceptors (Lipinski definition) is 5. The zero-order valence-corrected chi connectivity index (χ0v) is 13.4. The van der Waals surface area contributed by atoms with Crippen molar-refractivity contribution < 1.29 is 13.7 Å². The standard InChI is InChI=1S/C17H19N3O3/c1-11-8-16(23-19-11)18-17(21)12(2)20(3)10-14-9-13-6-4-5-7-15(13)22-14/h4-9,12H,10H2,1-3H3,(H,18,21). The number of para-hydroxylation sites is 1. The number of nitrogens with zero attached hydrogens (tertiary/aromatic N) is 2. The molecule has 2 aromatic heterocycles. The summed E-state index contributed by atoms with van der Waals surface area (Å²) in [5.74, 6) is 1.03. The molecule has 0 aliphatic heterocycles. The highest BCUT2D eigenvalue weighted by Gasteiger charge is 2.20. The molecule has 3 rings (SSSR count). The number of hydrogen-bond donors (Lipinski definition) is 1. The average molecular weight is 313 g/mol. The van der Waals surface area contributed by atoms with Crippen molar-refractivity contribution in [1.82, 2.24) is 10.1 Å². The van der Waals surface area contributed by atoms with E-state index in [2.05, 4.69) is 10.5 Å². The molecular formula is C17H19N3O3. The number of nitrogens with one attached hydrogen (secondary N) is 1. The van der Waals surface area contributed by atoms with Gasteiger partial charge in [0.1, 0.15) is 11.3 Å². The van der Waals surface area contributed by atoms with Gasteiger partial charge in [-0.05, 0) is 33.0 Å². The largest absolute Gasteiger partial charge is 0.460 e. The van der Waals surface area contributed by atoms with Gasteiger partial charge in [0.15, 0.2) is 0 Å². The molecule has 0 fully saturated rings. The number of anilines is 1. The van der Waals surface area contributed by atoms with Crippen molar-refractivity contribution in [2.75, 3.05) is 12.4 Å². The average Bonchev–Trinajstić information content (AvgIpc) is 3.11. The van der Waals surface area contributed by atoms with Gasteiger partial charge in [0.25, 0.3) is 0 Å². The Morgan fingerprint density at radius 1 is 1.35 bits per heavy atom. The van der Waals surface area contributed by atoms with E-state index in [1.165, 1.54) is 0 Å². The highest BCUT2D eigenvalue weighted by molar-refractivity contribution is 5.93. The molecule has 0 saturated heterocycles. The predicted octanol–water partition coefficient (Wildman–Crippen LogP) is 3.19. The van der Waals surface area contributed by atoms with Gasteiger partial charge in [-0.2, -0.15) is 0 Å². The van der Waals surface area contributed by atoms with Crippen molar-refractivity contribution in [3.8, 4) is 0 Å². The van der Waals surface area contributed by atoms with Crippen LogP contribution >= 0.6 is 0 Å². The molecule has 3 aromatic rings. The van der Waals surface area contributed by atoms with Crippen LogP contribution in [0.1, 0.15) is 18.4 Å². The second kappa shape index (κ2) is 6.26. The molecule has 120 valence electrons. The summed E-state index contributed by atoms with van der Waals surface area (Å²) in [5, 5.41) is 7.52. The Kier molecular flexibility index (Phi) is 4.16. The quantitative estimate of drug-likeness (QED) is 0.783. The summed E-state index contributed by atoms with van der Waals surface area (Å²) in [5.41, 5.74) is 1.58.